The van der Waals surface area contributed by atoms with Crippen molar-refractivity contribution in [2.45, 2.75) is 19.3 Å². The van der Waals surface area contributed by atoms with E-state index in [0.717, 1.165) is 28.6 Å². The first kappa shape index (κ1) is 12.3. The number of rotatable bonds is 4. The van der Waals surface area contributed by atoms with E-state index in [1.807, 2.05) is 32.3 Å². The quantitative estimate of drug-likeness (QED) is 0.797. The number of hydrogen-bond acceptors (Lipinski definition) is 4. The van der Waals surface area contributed by atoms with Crippen LogP contribution >= 0.6 is 22.9 Å². The van der Waals surface area contributed by atoms with Gasteiger partial charge in [0.25, 0.3) is 0 Å². The highest BCUT2D eigenvalue weighted by Gasteiger charge is 2.05. The monoisotopic (exact) mass is 267 g/mol. The summed E-state index contributed by atoms with van der Waals surface area (Å²) >= 11 is 7.40. The zero-order valence-corrected chi connectivity index (χ0v) is 11.4. The van der Waals surface area contributed by atoms with Crippen LogP contribution in [0.5, 0.6) is 0 Å². The van der Waals surface area contributed by atoms with Gasteiger partial charge in [-0.25, -0.2) is 9.97 Å². The van der Waals surface area contributed by atoms with Crippen molar-refractivity contribution in [2.75, 3.05) is 11.9 Å². The molecule has 2 heterocycles. The molecule has 0 aliphatic carbocycles. The molecule has 0 aliphatic rings. The van der Waals surface area contributed by atoms with Gasteiger partial charge in [0, 0.05) is 24.5 Å². The minimum Gasteiger partial charge on any atom is -0.354 e. The third kappa shape index (κ3) is 3.17. The summed E-state index contributed by atoms with van der Waals surface area (Å²) < 4.78 is 0. The first-order valence-electron chi connectivity index (χ1n) is 5.32. The molecule has 5 heteroatoms. The Morgan fingerprint density at radius 2 is 2.24 bits per heavy atom. The van der Waals surface area contributed by atoms with E-state index >= 15 is 0 Å². The second-order valence-electron chi connectivity index (χ2n) is 3.87. The van der Waals surface area contributed by atoms with Gasteiger partial charge in [-0.1, -0.05) is 6.07 Å². The fourth-order valence-electron chi connectivity index (χ4n) is 1.53. The summed E-state index contributed by atoms with van der Waals surface area (Å²) in [4.78, 5) is 10.9. The maximum atomic E-state index is 5.73. The molecule has 2 rings (SSSR count). The largest absolute Gasteiger partial charge is 0.354 e. The van der Waals surface area contributed by atoms with E-state index in [2.05, 4.69) is 20.2 Å². The van der Waals surface area contributed by atoms with Crippen LogP contribution in [0.3, 0.4) is 0 Å². The SMILES string of the molecule is Cc1nc(CN(C)c2ccc(CCl)cn2)cs1. The zero-order chi connectivity index (χ0) is 12.3. The topological polar surface area (TPSA) is 29.0 Å². The highest BCUT2D eigenvalue weighted by Crippen LogP contribution is 2.15. The molecule has 17 heavy (non-hydrogen) atoms. The van der Waals surface area contributed by atoms with Crippen LogP contribution in [-0.2, 0) is 12.4 Å². The number of hydrogen-bond donors (Lipinski definition) is 0. The lowest BCUT2D eigenvalue weighted by molar-refractivity contribution is 0.869. The first-order valence-corrected chi connectivity index (χ1v) is 6.73. The molecule has 0 radical (unpaired) electrons. The smallest absolute Gasteiger partial charge is 0.128 e. The summed E-state index contributed by atoms with van der Waals surface area (Å²) in [7, 11) is 2.01. The van der Waals surface area contributed by atoms with Gasteiger partial charge >= 0.3 is 0 Å². The summed E-state index contributed by atoms with van der Waals surface area (Å²) in [6, 6.07) is 3.98. The van der Waals surface area contributed by atoms with Crippen LogP contribution in [0.15, 0.2) is 23.7 Å². The molecule has 0 N–H and O–H groups in total. The highest BCUT2D eigenvalue weighted by atomic mass is 35.5. The molecule has 2 aromatic heterocycles. The van der Waals surface area contributed by atoms with Crippen molar-refractivity contribution in [1.82, 2.24) is 9.97 Å². The Kier molecular flexibility index (Phi) is 3.97. The summed E-state index contributed by atoms with van der Waals surface area (Å²) in [6.07, 6.45) is 1.81. The Morgan fingerprint density at radius 3 is 2.76 bits per heavy atom. The maximum Gasteiger partial charge on any atom is 0.128 e. The maximum absolute atomic E-state index is 5.73. The number of halogens is 1. The van der Waals surface area contributed by atoms with Gasteiger partial charge in [0.1, 0.15) is 5.82 Å². The number of thiazole rings is 1. The van der Waals surface area contributed by atoms with Crippen LogP contribution in [0.2, 0.25) is 0 Å². The van der Waals surface area contributed by atoms with Crippen molar-refractivity contribution in [1.29, 1.82) is 0 Å². The number of pyridine rings is 1. The van der Waals surface area contributed by atoms with E-state index in [1.165, 1.54) is 0 Å². The second kappa shape index (κ2) is 5.47. The molecular formula is C12H14ClN3S. The number of aromatic nitrogens is 2. The third-order valence-corrected chi connectivity index (χ3v) is 3.55. The lowest BCUT2D eigenvalue weighted by atomic mass is 10.3. The van der Waals surface area contributed by atoms with E-state index in [1.54, 1.807) is 11.3 Å². The molecule has 90 valence electrons. The minimum absolute atomic E-state index is 0.502. The molecule has 0 fully saturated rings. The van der Waals surface area contributed by atoms with E-state index in [0.29, 0.717) is 5.88 Å². The van der Waals surface area contributed by atoms with Gasteiger partial charge in [0.15, 0.2) is 0 Å². The van der Waals surface area contributed by atoms with Crippen LogP contribution in [0.4, 0.5) is 5.82 Å². The molecule has 0 aromatic carbocycles. The normalized spacial score (nSPS) is 10.5. The summed E-state index contributed by atoms with van der Waals surface area (Å²) in [5.41, 5.74) is 2.12. The van der Waals surface area contributed by atoms with Crippen LogP contribution in [0, 0.1) is 6.92 Å². The van der Waals surface area contributed by atoms with Gasteiger partial charge in [0.05, 0.1) is 17.2 Å². The van der Waals surface area contributed by atoms with Crippen LogP contribution in [0.1, 0.15) is 16.3 Å². The Morgan fingerprint density at radius 1 is 1.41 bits per heavy atom. The predicted octanol–water partition coefficient (Wildman–Crippen LogP) is 3.22. The lowest BCUT2D eigenvalue weighted by Gasteiger charge is -2.16. The number of aryl methyl sites for hydroxylation is 1. The molecule has 0 atom stereocenters. The fourth-order valence-corrected chi connectivity index (χ4v) is 2.29. The molecule has 0 bridgehead atoms. The second-order valence-corrected chi connectivity index (χ2v) is 5.20. The molecule has 3 nitrogen and oxygen atoms in total. The van der Waals surface area contributed by atoms with Gasteiger partial charge in [-0.05, 0) is 18.6 Å². The van der Waals surface area contributed by atoms with Crippen molar-refractivity contribution in [3.63, 3.8) is 0 Å². The molecule has 0 spiro atoms. The van der Waals surface area contributed by atoms with Crippen LogP contribution < -0.4 is 4.90 Å². The standard InChI is InChI=1S/C12H14ClN3S/c1-9-15-11(8-17-9)7-16(2)12-4-3-10(5-13)6-14-12/h3-4,6,8H,5,7H2,1-2H3. The van der Waals surface area contributed by atoms with Crippen molar-refractivity contribution >= 4 is 28.8 Å². The molecular weight excluding hydrogens is 254 g/mol. The van der Waals surface area contributed by atoms with E-state index in [-0.39, 0.29) is 0 Å². The number of alkyl halides is 1. The van der Waals surface area contributed by atoms with E-state index in [9.17, 15) is 0 Å². The summed E-state index contributed by atoms with van der Waals surface area (Å²) in [5, 5.41) is 3.18. The predicted molar refractivity (Wildman–Crippen MR) is 72.8 cm³/mol. The van der Waals surface area contributed by atoms with E-state index in [4.69, 9.17) is 11.6 Å². The van der Waals surface area contributed by atoms with Crippen molar-refractivity contribution < 1.29 is 0 Å². The van der Waals surface area contributed by atoms with Crippen molar-refractivity contribution in [2.24, 2.45) is 0 Å². The fraction of sp³-hybridized carbons (Fsp3) is 0.333. The molecule has 0 amide bonds. The Labute approximate surface area is 110 Å². The van der Waals surface area contributed by atoms with Gasteiger partial charge in [-0.2, -0.15) is 0 Å². The first-order chi connectivity index (χ1) is 8.19. The highest BCUT2D eigenvalue weighted by molar-refractivity contribution is 7.09. The summed E-state index contributed by atoms with van der Waals surface area (Å²) in [6.45, 7) is 2.79. The van der Waals surface area contributed by atoms with Crippen molar-refractivity contribution in [3.05, 3.63) is 40.0 Å². The number of anilines is 1. The molecule has 0 saturated carbocycles. The third-order valence-electron chi connectivity index (χ3n) is 2.42. The Bertz CT molecular complexity index is 481. The average Bonchev–Trinajstić information content (AvgIpc) is 2.75. The lowest BCUT2D eigenvalue weighted by Crippen LogP contribution is -2.17. The molecule has 0 saturated heterocycles. The van der Waals surface area contributed by atoms with Gasteiger partial charge in [-0.15, -0.1) is 22.9 Å². The average molecular weight is 268 g/mol. The zero-order valence-electron chi connectivity index (χ0n) is 9.85. The van der Waals surface area contributed by atoms with E-state index < -0.39 is 0 Å². The Hall–Kier alpha value is -1.13. The number of nitrogens with zero attached hydrogens (tertiary/aromatic N) is 3. The van der Waals surface area contributed by atoms with Crippen LogP contribution in [0.25, 0.3) is 0 Å². The molecule has 2 aromatic rings. The van der Waals surface area contributed by atoms with Gasteiger partial charge < -0.3 is 4.90 Å². The Balaban J connectivity index is 2.06. The summed E-state index contributed by atoms with van der Waals surface area (Å²) in [5.74, 6) is 1.44. The molecule has 0 unspecified atom stereocenters. The minimum atomic E-state index is 0.502. The van der Waals surface area contributed by atoms with Gasteiger partial charge in [-0.3, -0.25) is 0 Å². The molecule has 0 aliphatic heterocycles. The van der Waals surface area contributed by atoms with Gasteiger partial charge in [0.2, 0.25) is 0 Å². The van der Waals surface area contributed by atoms with Crippen molar-refractivity contribution in [3.8, 4) is 0 Å². The van der Waals surface area contributed by atoms with Crippen LogP contribution in [-0.4, -0.2) is 17.0 Å².